The van der Waals surface area contributed by atoms with Gasteiger partial charge in [-0.15, -0.1) is 23.2 Å². The van der Waals surface area contributed by atoms with Crippen LogP contribution in [0.4, 0.5) is 0 Å². The van der Waals surface area contributed by atoms with Gasteiger partial charge in [-0.3, -0.25) is 4.79 Å². The van der Waals surface area contributed by atoms with E-state index in [0.717, 1.165) is 17.8 Å². The van der Waals surface area contributed by atoms with Crippen molar-refractivity contribution in [3.8, 4) is 0 Å². The second-order valence-corrected chi connectivity index (χ2v) is 5.19. The number of nitrogens with zero attached hydrogens (tertiary/aromatic N) is 2. The predicted octanol–water partition coefficient (Wildman–Crippen LogP) is 1.50. The number of rotatable bonds is 2. The molecule has 66 valence electrons. The van der Waals surface area contributed by atoms with Crippen molar-refractivity contribution >= 4 is 34.5 Å². The van der Waals surface area contributed by atoms with Crippen LogP contribution in [0.25, 0.3) is 0 Å². The lowest BCUT2D eigenvalue weighted by Crippen LogP contribution is -2.17. The Hall–Kier alpha value is -0.0600. The molecule has 0 amide bonds. The Labute approximate surface area is 82.9 Å². The molecule has 0 radical (unpaired) electrons. The molecule has 0 spiro atoms. The molecular weight excluding hydrogens is 219 g/mol. The van der Waals surface area contributed by atoms with Crippen molar-refractivity contribution < 1.29 is 0 Å². The molecule has 1 saturated carbocycles. The number of hydrogen-bond acceptors (Lipinski definition) is 3. The van der Waals surface area contributed by atoms with E-state index in [1.54, 1.807) is 0 Å². The lowest BCUT2D eigenvalue weighted by Gasteiger charge is -1.97. The summed E-state index contributed by atoms with van der Waals surface area (Å²) in [5.41, 5.74) is 1.52. The lowest BCUT2D eigenvalue weighted by atomic mass is 10.4. The summed E-state index contributed by atoms with van der Waals surface area (Å²) >= 11 is 12.7. The maximum absolute atomic E-state index is 11.0. The van der Waals surface area contributed by atoms with Crippen molar-refractivity contribution in [3.63, 3.8) is 0 Å². The van der Waals surface area contributed by atoms with E-state index in [1.165, 1.54) is 10.2 Å². The van der Waals surface area contributed by atoms with E-state index < -0.39 is 4.33 Å². The van der Waals surface area contributed by atoms with Gasteiger partial charge < -0.3 is 0 Å². The summed E-state index contributed by atoms with van der Waals surface area (Å²) in [5.74, 6) is 0.181. The largest absolute Gasteiger partial charge is 0.324 e. The fourth-order valence-corrected chi connectivity index (χ4v) is 2.04. The van der Waals surface area contributed by atoms with Gasteiger partial charge >= 0.3 is 4.87 Å². The zero-order chi connectivity index (χ0) is 8.77. The van der Waals surface area contributed by atoms with Crippen LogP contribution in [-0.4, -0.2) is 14.1 Å². The average Bonchev–Trinajstić information content (AvgIpc) is 2.39. The van der Waals surface area contributed by atoms with Gasteiger partial charge in [0.15, 0.2) is 0 Å². The number of hydrogen-bond donors (Lipinski definition) is 0. The predicted molar refractivity (Wildman–Crippen MR) is 48.9 cm³/mol. The molecule has 1 fully saturated rings. The van der Waals surface area contributed by atoms with Gasteiger partial charge in [-0.2, -0.15) is 5.10 Å². The first-order valence-electron chi connectivity index (χ1n) is 3.48. The fourth-order valence-electron chi connectivity index (χ4n) is 1.03. The molecule has 12 heavy (non-hydrogen) atoms. The smallest absolute Gasteiger partial charge is 0.255 e. The third-order valence-corrected chi connectivity index (χ3v) is 3.44. The summed E-state index contributed by atoms with van der Waals surface area (Å²) in [7, 11) is 0. The first kappa shape index (κ1) is 8.53. The molecule has 1 aliphatic rings. The maximum atomic E-state index is 11.0. The highest BCUT2D eigenvalue weighted by atomic mass is 35.5. The molecule has 1 unspecified atom stereocenters. The van der Waals surface area contributed by atoms with Crippen LogP contribution < -0.4 is 4.87 Å². The van der Waals surface area contributed by atoms with Crippen molar-refractivity contribution in [1.82, 2.24) is 9.78 Å². The number of alkyl halides is 2. The molecule has 2 rings (SSSR count). The minimum atomic E-state index is -0.622. The van der Waals surface area contributed by atoms with E-state index in [2.05, 4.69) is 5.10 Å². The Kier molecular flexibility index (Phi) is 1.93. The molecule has 0 aliphatic heterocycles. The molecule has 0 bridgehead atoms. The van der Waals surface area contributed by atoms with E-state index in [1.807, 2.05) is 0 Å². The minimum absolute atomic E-state index is 0.0500. The summed E-state index contributed by atoms with van der Waals surface area (Å²) in [6.45, 7) is 0.537. The normalized spacial score (nSPS) is 25.7. The van der Waals surface area contributed by atoms with Gasteiger partial charge in [-0.05, 0) is 6.42 Å². The number of aromatic nitrogens is 2. The molecule has 3 nitrogen and oxygen atoms in total. The average molecular weight is 225 g/mol. The third kappa shape index (κ3) is 1.51. The Morgan fingerprint density at radius 1 is 1.83 bits per heavy atom. The van der Waals surface area contributed by atoms with Gasteiger partial charge in [0.2, 0.25) is 0 Å². The summed E-state index contributed by atoms with van der Waals surface area (Å²) in [6.07, 6.45) is 0.750. The van der Waals surface area contributed by atoms with Gasteiger partial charge in [0.1, 0.15) is 9.84 Å². The highest BCUT2D eigenvalue weighted by molar-refractivity contribution is 7.06. The molecule has 1 aromatic heterocycles. The van der Waals surface area contributed by atoms with Crippen molar-refractivity contribution in [2.24, 2.45) is 5.92 Å². The Balaban J connectivity index is 2.07. The van der Waals surface area contributed by atoms with E-state index in [-0.39, 0.29) is 10.8 Å². The summed E-state index contributed by atoms with van der Waals surface area (Å²) in [6, 6.07) is 0. The van der Waals surface area contributed by atoms with Crippen LogP contribution in [-0.2, 0) is 6.54 Å². The fraction of sp³-hybridized carbons (Fsp3) is 0.667. The van der Waals surface area contributed by atoms with Crippen LogP contribution in [0.1, 0.15) is 6.42 Å². The van der Waals surface area contributed by atoms with Crippen LogP contribution >= 0.6 is 34.5 Å². The maximum Gasteiger partial charge on any atom is 0.324 e. The van der Waals surface area contributed by atoms with Crippen LogP contribution in [0.2, 0.25) is 0 Å². The van der Waals surface area contributed by atoms with Crippen LogP contribution in [0.15, 0.2) is 10.3 Å². The van der Waals surface area contributed by atoms with E-state index in [4.69, 9.17) is 23.2 Å². The lowest BCUT2D eigenvalue weighted by molar-refractivity contribution is 0.546. The highest BCUT2D eigenvalue weighted by Crippen LogP contribution is 2.53. The van der Waals surface area contributed by atoms with Crippen molar-refractivity contribution in [2.75, 3.05) is 0 Å². The molecule has 1 atom stereocenters. The Morgan fingerprint density at radius 3 is 2.92 bits per heavy atom. The summed E-state index contributed by atoms with van der Waals surface area (Å²) in [5, 5.41) is 3.87. The molecule has 0 aromatic carbocycles. The van der Waals surface area contributed by atoms with Gasteiger partial charge in [-0.25, -0.2) is 4.68 Å². The Bertz CT molecular complexity index is 345. The standard InChI is InChI=1S/C6H6Cl2N2OS/c7-6(8)1-4(6)2-10-5(11)12-3-9-10/h3-4H,1-2H2. The minimum Gasteiger partial charge on any atom is -0.255 e. The van der Waals surface area contributed by atoms with Gasteiger partial charge in [0.25, 0.3) is 0 Å². The molecule has 1 heterocycles. The zero-order valence-electron chi connectivity index (χ0n) is 6.04. The second-order valence-electron chi connectivity index (χ2n) is 2.85. The highest BCUT2D eigenvalue weighted by Gasteiger charge is 2.51. The molecule has 0 N–H and O–H groups in total. The van der Waals surface area contributed by atoms with E-state index in [9.17, 15) is 4.79 Å². The second kappa shape index (κ2) is 2.72. The third-order valence-electron chi connectivity index (χ3n) is 1.90. The van der Waals surface area contributed by atoms with Gasteiger partial charge in [0.05, 0.1) is 6.54 Å². The molecule has 1 aromatic rings. The van der Waals surface area contributed by atoms with E-state index in [0.29, 0.717) is 6.54 Å². The SMILES string of the molecule is O=c1scnn1CC1CC1(Cl)Cl. The summed E-state index contributed by atoms with van der Waals surface area (Å²) < 4.78 is 0.783. The molecule has 6 heteroatoms. The first-order chi connectivity index (χ1) is 5.59. The van der Waals surface area contributed by atoms with Gasteiger partial charge in [-0.1, -0.05) is 11.3 Å². The monoisotopic (exact) mass is 224 g/mol. The van der Waals surface area contributed by atoms with Gasteiger partial charge in [0, 0.05) is 5.92 Å². The Morgan fingerprint density at radius 2 is 2.50 bits per heavy atom. The van der Waals surface area contributed by atoms with Crippen molar-refractivity contribution in [2.45, 2.75) is 17.3 Å². The molecule has 1 aliphatic carbocycles. The van der Waals surface area contributed by atoms with Crippen LogP contribution in [0, 0.1) is 5.92 Å². The van der Waals surface area contributed by atoms with E-state index >= 15 is 0 Å². The van der Waals surface area contributed by atoms with Crippen LogP contribution in [0.3, 0.4) is 0 Å². The summed E-state index contributed by atoms with van der Waals surface area (Å²) in [4.78, 5) is 11.0. The van der Waals surface area contributed by atoms with Crippen molar-refractivity contribution in [3.05, 3.63) is 15.2 Å². The zero-order valence-corrected chi connectivity index (χ0v) is 8.36. The number of halogens is 2. The first-order valence-corrected chi connectivity index (χ1v) is 5.11. The van der Waals surface area contributed by atoms with Crippen molar-refractivity contribution in [1.29, 1.82) is 0 Å². The topological polar surface area (TPSA) is 34.9 Å². The quantitative estimate of drug-likeness (QED) is 0.715. The molecular formula is C6H6Cl2N2OS. The van der Waals surface area contributed by atoms with Crippen LogP contribution in [0.5, 0.6) is 0 Å². The molecule has 0 saturated heterocycles.